The van der Waals surface area contributed by atoms with Gasteiger partial charge in [0.25, 0.3) is 0 Å². The van der Waals surface area contributed by atoms with Gasteiger partial charge in [0.1, 0.15) is 0 Å². The highest BCUT2D eigenvalue weighted by Gasteiger charge is 2.11. The average molecular weight is 299 g/mol. The Morgan fingerprint density at radius 2 is 2.05 bits per heavy atom. The van der Waals surface area contributed by atoms with E-state index in [9.17, 15) is 5.11 Å². The summed E-state index contributed by atoms with van der Waals surface area (Å²) >= 11 is 6.05. The molecule has 0 aromatic heterocycles. The van der Waals surface area contributed by atoms with Crippen LogP contribution >= 0.6 is 11.6 Å². The van der Waals surface area contributed by atoms with Crippen LogP contribution in [0.25, 0.3) is 0 Å². The van der Waals surface area contributed by atoms with Crippen molar-refractivity contribution in [1.82, 2.24) is 10.2 Å². The second-order valence-corrected chi connectivity index (χ2v) is 5.46. The first-order valence-corrected chi connectivity index (χ1v) is 7.58. The van der Waals surface area contributed by atoms with E-state index in [1.54, 1.807) is 6.07 Å². The maximum atomic E-state index is 10.1. The SMILES string of the molecule is OC(CNCCCN1CCOCC1)c1ccccc1Cl. The summed E-state index contributed by atoms with van der Waals surface area (Å²) in [7, 11) is 0. The van der Waals surface area contributed by atoms with Crippen LogP contribution in [0.3, 0.4) is 0 Å². The fourth-order valence-electron chi connectivity index (χ4n) is 2.35. The number of rotatable bonds is 7. The maximum Gasteiger partial charge on any atom is 0.0928 e. The Kier molecular flexibility index (Phi) is 6.76. The average Bonchev–Trinajstić information content (AvgIpc) is 2.48. The molecule has 1 fully saturated rings. The number of halogens is 1. The summed E-state index contributed by atoms with van der Waals surface area (Å²) in [5.41, 5.74) is 0.787. The van der Waals surface area contributed by atoms with Crippen molar-refractivity contribution in [2.45, 2.75) is 12.5 Å². The van der Waals surface area contributed by atoms with E-state index in [0.717, 1.165) is 51.4 Å². The summed E-state index contributed by atoms with van der Waals surface area (Å²) in [6.07, 6.45) is 0.530. The predicted molar refractivity (Wildman–Crippen MR) is 81.2 cm³/mol. The summed E-state index contributed by atoms with van der Waals surface area (Å²) in [5, 5.41) is 14.0. The van der Waals surface area contributed by atoms with Crippen molar-refractivity contribution in [3.63, 3.8) is 0 Å². The van der Waals surface area contributed by atoms with Crippen LogP contribution in [0.15, 0.2) is 24.3 Å². The zero-order valence-corrected chi connectivity index (χ0v) is 12.5. The summed E-state index contributed by atoms with van der Waals surface area (Å²) in [6, 6.07) is 7.43. The molecular formula is C15H23ClN2O2. The molecule has 1 heterocycles. The number of benzene rings is 1. The van der Waals surface area contributed by atoms with E-state index in [1.807, 2.05) is 18.2 Å². The first kappa shape index (κ1) is 15.7. The number of ether oxygens (including phenoxy) is 1. The minimum absolute atomic E-state index is 0.535. The Morgan fingerprint density at radius 3 is 2.80 bits per heavy atom. The lowest BCUT2D eigenvalue weighted by molar-refractivity contribution is 0.0373. The van der Waals surface area contributed by atoms with Gasteiger partial charge in [-0.2, -0.15) is 0 Å². The molecule has 2 rings (SSSR count). The van der Waals surface area contributed by atoms with E-state index >= 15 is 0 Å². The predicted octanol–water partition coefficient (Wildman–Crippen LogP) is 1.69. The van der Waals surface area contributed by atoms with Crippen LogP contribution in [0.4, 0.5) is 0 Å². The lowest BCUT2D eigenvalue weighted by atomic mass is 10.1. The van der Waals surface area contributed by atoms with Gasteiger partial charge in [-0.15, -0.1) is 0 Å². The van der Waals surface area contributed by atoms with E-state index in [-0.39, 0.29) is 0 Å². The zero-order chi connectivity index (χ0) is 14.2. The summed E-state index contributed by atoms with van der Waals surface area (Å²) in [6.45, 7) is 6.27. The third-order valence-corrected chi connectivity index (χ3v) is 3.88. The Morgan fingerprint density at radius 1 is 1.30 bits per heavy atom. The van der Waals surface area contributed by atoms with Crippen molar-refractivity contribution in [3.05, 3.63) is 34.9 Å². The minimum Gasteiger partial charge on any atom is -0.387 e. The normalized spacial score (nSPS) is 18.1. The van der Waals surface area contributed by atoms with Gasteiger partial charge >= 0.3 is 0 Å². The third kappa shape index (κ3) is 5.04. The molecule has 1 aromatic rings. The van der Waals surface area contributed by atoms with Gasteiger partial charge in [-0.25, -0.2) is 0 Å². The minimum atomic E-state index is -0.549. The smallest absolute Gasteiger partial charge is 0.0928 e. The van der Waals surface area contributed by atoms with E-state index < -0.39 is 6.10 Å². The molecule has 0 bridgehead atoms. The van der Waals surface area contributed by atoms with E-state index in [1.165, 1.54) is 0 Å². The molecule has 0 amide bonds. The molecule has 1 aliphatic rings. The standard InChI is InChI=1S/C15H23ClN2O2/c16-14-5-2-1-4-13(14)15(19)12-17-6-3-7-18-8-10-20-11-9-18/h1-2,4-5,15,17,19H,3,6-12H2. The Bertz CT molecular complexity index is 397. The van der Waals surface area contributed by atoms with Crippen molar-refractivity contribution in [3.8, 4) is 0 Å². The van der Waals surface area contributed by atoms with Crippen LogP contribution < -0.4 is 5.32 Å². The summed E-state index contributed by atoms with van der Waals surface area (Å²) in [4.78, 5) is 2.41. The molecule has 0 radical (unpaired) electrons. The number of nitrogens with one attached hydrogen (secondary N) is 1. The highest BCUT2D eigenvalue weighted by atomic mass is 35.5. The van der Waals surface area contributed by atoms with Gasteiger partial charge in [-0.1, -0.05) is 29.8 Å². The highest BCUT2D eigenvalue weighted by Crippen LogP contribution is 2.21. The number of aliphatic hydroxyl groups is 1. The van der Waals surface area contributed by atoms with Gasteiger partial charge in [0.05, 0.1) is 19.3 Å². The molecule has 1 aromatic carbocycles. The summed E-state index contributed by atoms with van der Waals surface area (Å²) < 4.78 is 5.32. The molecule has 0 saturated carbocycles. The largest absolute Gasteiger partial charge is 0.387 e. The van der Waals surface area contributed by atoms with Gasteiger partial charge in [0, 0.05) is 30.2 Å². The van der Waals surface area contributed by atoms with Crippen molar-refractivity contribution >= 4 is 11.6 Å². The topological polar surface area (TPSA) is 44.7 Å². The van der Waals surface area contributed by atoms with Crippen LogP contribution in [0.1, 0.15) is 18.1 Å². The monoisotopic (exact) mass is 298 g/mol. The van der Waals surface area contributed by atoms with E-state index in [2.05, 4.69) is 10.2 Å². The molecule has 112 valence electrons. The van der Waals surface area contributed by atoms with Crippen LogP contribution in [0.5, 0.6) is 0 Å². The first-order valence-electron chi connectivity index (χ1n) is 7.20. The van der Waals surface area contributed by atoms with Gasteiger partial charge in [-0.3, -0.25) is 4.90 Å². The molecule has 4 nitrogen and oxygen atoms in total. The molecule has 1 aliphatic heterocycles. The summed E-state index contributed by atoms with van der Waals surface area (Å²) in [5.74, 6) is 0. The van der Waals surface area contributed by atoms with Gasteiger partial charge in [-0.05, 0) is 25.6 Å². The van der Waals surface area contributed by atoms with Crippen molar-refractivity contribution in [1.29, 1.82) is 0 Å². The van der Waals surface area contributed by atoms with E-state index in [4.69, 9.17) is 16.3 Å². The van der Waals surface area contributed by atoms with Crippen LogP contribution in [0, 0.1) is 0 Å². The van der Waals surface area contributed by atoms with E-state index in [0.29, 0.717) is 11.6 Å². The Hall–Kier alpha value is -0.650. The fraction of sp³-hybridized carbons (Fsp3) is 0.600. The molecule has 5 heteroatoms. The lowest BCUT2D eigenvalue weighted by Gasteiger charge is -2.26. The quantitative estimate of drug-likeness (QED) is 0.752. The molecule has 1 saturated heterocycles. The molecule has 0 spiro atoms. The maximum absolute atomic E-state index is 10.1. The molecule has 20 heavy (non-hydrogen) atoms. The van der Waals surface area contributed by atoms with Gasteiger partial charge in [0.2, 0.25) is 0 Å². The molecule has 0 aliphatic carbocycles. The van der Waals surface area contributed by atoms with Crippen LogP contribution in [0.2, 0.25) is 5.02 Å². The van der Waals surface area contributed by atoms with Crippen LogP contribution in [-0.2, 0) is 4.74 Å². The lowest BCUT2D eigenvalue weighted by Crippen LogP contribution is -2.37. The third-order valence-electron chi connectivity index (χ3n) is 3.53. The molecule has 1 unspecified atom stereocenters. The number of morpholine rings is 1. The van der Waals surface area contributed by atoms with Gasteiger partial charge < -0.3 is 15.2 Å². The van der Waals surface area contributed by atoms with Crippen molar-refractivity contribution in [2.24, 2.45) is 0 Å². The van der Waals surface area contributed by atoms with Gasteiger partial charge in [0.15, 0.2) is 0 Å². The van der Waals surface area contributed by atoms with Crippen LogP contribution in [-0.4, -0.2) is 55.9 Å². The Labute approximate surface area is 125 Å². The fourth-order valence-corrected chi connectivity index (χ4v) is 2.61. The highest BCUT2D eigenvalue weighted by molar-refractivity contribution is 6.31. The Balaban J connectivity index is 1.60. The number of aliphatic hydroxyl groups excluding tert-OH is 1. The molecule has 1 atom stereocenters. The number of nitrogens with zero attached hydrogens (tertiary/aromatic N) is 1. The van der Waals surface area contributed by atoms with Crippen molar-refractivity contribution < 1.29 is 9.84 Å². The molecular weight excluding hydrogens is 276 g/mol. The second kappa shape index (κ2) is 8.60. The molecule has 2 N–H and O–H groups in total. The zero-order valence-electron chi connectivity index (χ0n) is 11.7. The second-order valence-electron chi connectivity index (χ2n) is 5.05. The number of hydrogen-bond donors (Lipinski definition) is 2. The van der Waals surface area contributed by atoms with Crippen molar-refractivity contribution in [2.75, 3.05) is 45.9 Å². The first-order chi connectivity index (χ1) is 9.77. The number of hydrogen-bond acceptors (Lipinski definition) is 4.